The number of carbonyl (C=O) groups excluding carboxylic acids is 2. The molecular weight excluding hydrogens is 586 g/mol. The SMILES string of the molecule is COc1cc2c(c(OC)c1OC)-c1ccc(NC(CC(C)C)C(=O)N3CCC4(O)CCCCC4C3)c(=O)cc1C(NC(C)=O)CC2. The number of nitrogens with one attached hydrogen (secondary N) is 2. The minimum atomic E-state index is -0.683. The van der Waals surface area contributed by atoms with E-state index in [1.807, 2.05) is 17.0 Å². The number of aryl methyl sites for hydroxylation is 1. The fourth-order valence-electron chi connectivity index (χ4n) is 7.70. The number of amides is 2. The molecule has 5 rings (SSSR count). The number of fused-ring (bicyclic) bond motifs is 4. The quantitative estimate of drug-likeness (QED) is 0.357. The van der Waals surface area contributed by atoms with Crippen LogP contribution in [-0.4, -0.2) is 67.9 Å². The maximum absolute atomic E-state index is 14.0. The fraction of sp³-hybridized carbons (Fsp3) is 0.583. The Balaban J connectivity index is 1.56. The monoisotopic (exact) mass is 635 g/mol. The van der Waals surface area contributed by atoms with Crippen molar-refractivity contribution in [1.29, 1.82) is 0 Å². The standard InChI is InChI=1S/C36H49N3O7/c1-21(2)17-29(35(42)39-16-15-36(43)14-8-7-9-24(36)20-39)38-28-13-11-25-26(19-30(28)41)27(37-22(3)40)12-10-23-18-31(44-4)33(45-5)34(46-6)32(23)25/h11,13,18-19,21,24,27,29,43H,7-10,12,14-17,20H2,1-6H3,(H,37,40)(H,38,41). The van der Waals surface area contributed by atoms with Crippen molar-refractivity contribution in [3.05, 3.63) is 45.6 Å². The van der Waals surface area contributed by atoms with Gasteiger partial charge in [-0.15, -0.1) is 0 Å². The lowest BCUT2D eigenvalue weighted by Crippen LogP contribution is -2.57. The summed E-state index contributed by atoms with van der Waals surface area (Å²) in [6, 6.07) is 6.06. The predicted molar refractivity (Wildman–Crippen MR) is 178 cm³/mol. The molecule has 0 radical (unpaired) electrons. The van der Waals surface area contributed by atoms with E-state index < -0.39 is 17.7 Å². The molecule has 1 saturated carbocycles. The van der Waals surface area contributed by atoms with Crippen molar-refractivity contribution < 1.29 is 28.9 Å². The minimum Gasteiger partial charge on any atom is -0.493 e. The molecule has 4 atom stereocenters. The number of anilines is 1. The normalized spacial score (nSPS) is 22.8. The Labute approximate surface area is 271 Å². The second-order valence-electron chi connectivity index (χ2n) is 13.5. The molecule has 2 amide bonds. The second-order valence-corrected chi connectivity index (χ2v) is 13.5. The van der Waals surface area contributed by atoms with Crippen LogP contribution in [0.25, 0.3) is 11.1 Å². The lowest BCUT2D eigenvalue weighted by atomic mass is 9.71. The van der Waals surface area contributed by atoms with Gasteiger partial charge in [-0.05, 0) is 79.3 Å². The van der Waals surface area contributed by atoms with Crippen LogP contribution in [0.4, 0.5) is 5.69 Å². The van der Waals surface area contributed by atoms with E-state index in [-0.39, 0.29) is 29.1 Å². The van der Waals surface area contributed by atoms with Gasteiger partial charge in [-0.2, -0.15) is 0 Å². The van der Waals surface area contributed by atoms with E-state index in [0.29, 0.717) is 67.3 Å². The summed E-state index contributed by atoms with van der Waals surface area (Å²) in [6.07, 6.45) is 6.10. The molecule has 3 N–H and O–H groups in total. The Bertz CT molecular complexity index is 1530. The number of ether oxygens (including phenoxy) is 3. The first kappa shape index (κ1) is 33.6. The van der Waals surface area contributed by atoms with Crippen molar-refractivity contribution >= 4 is 17.5 Å². The van der Waals surface area contributed by atoms with E-state index in [0.717, 1.165) is 42.4 Å². The summed E-state index contributed by atoms with van der Waals surface area (Å²) in [5.41, 5.74) is 2.45. The Hall–Kier alpha value is -3.79. The van der Waals surface area contributed by atoms with Gasteiger partial charge in [-0.1, -0.05) is 32.8 Å². The van der Waals surface area contributed by atoms with E-state index in [1.165, 1.54) is 6.92 Å². The van der Waals surface area contributed by atoms with Gasteiger partial charge in [-0.25, -0.2) is 0 Å². The number of hydrogen-bond donors (Lipinski definition) is 3. The molecule has 4 unspecified atom stereocenters. The zero-order valence-electron chi connectivity index (χ0n) is 28.0. The molecule has 10 heteroatoms. The Morgan fingerprint density at radius 3 is 2.48 bits per heavy atom. The maximum atomic E-state index is 14.0. The lowest BCUT2D eigenvalue weighted by Gasteiger charge is -2.48. The molecule has 0 aromatic heterocycles. The van der Waals surface area contributed by atoms with Crippen molar-refractivity contribution in [2.45, 2.75) is 89.8 Å². The summed E-state index contributed by atoms with van der Waals surface area (Å²) in [7, 11) is 4.69. The van der Waals surface area contributed by atoms with E-state index in [1.54, 1.807) is 33.5 Å². The van der Waals surface area contributed by atoms with Crippen LogP contribution in [0.5, 0.6) is 17.2 Å². The average Bonchev–Trinajstić information content (AvgIpc) is 3.26. The predicted octanol–water partition coefficient (Wildman–Crippen LogP) is 4.84. The first-order valence-corrected chi connectivity index (χ1v) is 16.5. The number of piperidine rings is 1. The number of benzene rings is 1. The smallest absolute Gasteiger partial charge is 0.245 e. The largest absolute Gasteiger partial charge is 0.493 e. The van der Waals surface area contributed by atoms with Crippen LogP contribution in [0.15, 0.2) is 29.1 Å². The summed E-state index contributed by atoms with van der Waals surface area (Å²) in [5.74, 6) is 1.48. The molecular formula is C36H49N3O7. The number of hydrogen-bond acceptors (Lipinski definition) is 8. The van der Waals surface area contributed by atoms with Gasteiger partial charge < -0.3 is 34.9 Å². The highest BCUT2D eigenvalue weighted by Gasteiger charge is 2.44. The van der Waals surface area contributed by atoms with Crippen LogP contribution in [0.1, 0.15) is 82.9 Å². The first-order chi connectivity index (χ1) is 22.0. The van der Waals surface area contributed by atoms with E-state index in [9.17, 15) is 19.5 Å². The van der Waals surface area contributed by atoms with Gasteiger partial charge in [0.05, 0.1) is 38.7 Å². The average molecular weight is 636 g/mol. The molecule has 2 aromatic carbocycles. The van der Waals surface area contributed by atoms with Gasteiger partial charge in [0.15, 0.2) is 11.5 Å². The Kier molecular flexibility index (Phi) is 10.2. The molecule has 0 bridgehead atoms. The van der Waals surface area contributed by atoms with Crippen molar-refractivity contribution in [3.63, 3.8) is 0 Å². The number of nitrogens with zero attached hydrogens (tertiary/aromatic N) is 1. The van der Waals surface area contributed by atoms with Crippen LogP contribution in [0.2, 0.25) is 0 Å². The minimum absolute atomic E-state index is 0.0474. The third kappa shape index (κ3) is 6.68. The topological polar surface area (TPSA) is 126 Å². The van der Waals surface area contributed by atoms with Gasteiger partial charge in [-0.3, -0.25) is 14.4 Å². The third-order valence-electron chi connectivity index (χ3n) is 9.99. The molecule has 46 heavy (non-hydrogen) atoms. The molecule has 2 aliphatic carbocycles. The summed E-state index contributed by atoms with van der Waals surface area (Å²) >= 11 is 0. The van der Waals surface area contributed by atoms with E-state index in [4.69, 9.17) is 14.2 Å². The molecule has 3 aliphatic rings. The highest BCUT2D eigenvalue weighted by atomic mass is 16.5. The molecule has 0 spiro atoms. The number of aliphatic hydroxyl groups is 1. The molecule has 10 nitrogen and oxygen atoms in total. The number of likely N-dealkylation sites (tertiary alicyclic amines) is 1. The number of carbonyl (C=O) groups is 2. The number of methoxy groups -OCH3 is 3. The summed E-state index contributed by atoms with van der Waals surface area (Å²) < 4.78 is 17.2. The Morgan fingerprint density at radius 1 is 1.04 bits per heavy atom. The van der Waals surface area contributed by atoms with Crippen LogP contribution >= 0.6 is 0 Å². The van der Waals surface area contributed by atoms with Crippen molar-refractivity contribution in [2.24, 2.45) is 11.8 Å². The van der Waals surface area contributed by atoms with Crippen LogP contribution in [0.3, 0.4) is 0 Å². The van der Waals surface area contributed by atoms with Crippen LogP contribution in [-0.2, 0) is 16.0 Å². The number of rotatable bonds is 9. The molecule has 1 aliphatic heterocycles. The van der Waals surface area contributed by atoms with Crippen molar-refractivity contribution in [1.82, 2.24) is 10.2 Å². The van der Waals surface area contributed by atoms with Crippen LogP contribution < -0.4 is 30.3 Å². The first-order valence-electron chi connectivity index (χ1n) is 16.5. The zero-order valence-corrected chi connectivity index (χ0v) is 28.0. The lowest BCUT2D eigenvalue weighted by molar-refractivity contribution is -0.144. The highest BCUT2D eigenvalue weighted by molar-refractivity contribution is 5.86. The van der Waals surface area contributed by atoms with Crippen molar-refractivity contribution in [2.75, 3.05) is 39.7 Å². The zero-order chi connectivity index (χ0) is 33.2. The molecule has 1 heterocycles. The van der Waals surface area contributed by atoms with Gasteiger partial charge >= 0.3 is 0 Å². The van der Waals surface area contributed by atoms with Gasteiger partial charge in [0.2, 0.25) is 23.0 Å². The van der Waals surface area contributed by atoms with E-state index >= 15 is 0 Å². The summed E-state index contributed by atoms with van der Waals surface area (Å²) in [4.78, 5) is 42.2. The Morgan fingerprint density at radius 2 is 1.80 bits per heavy atom. The van der Waals surface area contributed by atoms with Gasteiger partial charge in [0.1, 0.15) is 6.04 Å². The molecule has 2 fully saturated rings. The summed E-state index contributed by atoms with van der Waals surface area (Å²) in [6.45, 7) is 6.63. The molecule has 2 aromatic rings. The van der Waals surface area contributed by atoms with Gasteiger partial charge in [0, 0.05) is 31.5 Å². The molecule has 250 valence electrons. The maximum Gasteiger partial charge on any atom is 0.245 e. The second kappa shape index (κ2) is 13.9. The van der Waals surface area contributed by atoms with Crippen molar-refractivity contribution in [3.8, 4) is 28.4 Å². The third-order valence-corrected chi connectivity index (χ3v) is 9.99. The van der Waals surface area contributed by atoms with Crippen LogP contribution in [0, 0.1) is 11.8 Å². The highest BCUT2D eigenvalue weighted by Crippen LogP contribution is 2.50. The van der Waals surface area contributed by atoms with Gasteiger partial charge in [0.25, 0.3) is 0 Å². The summed E-state index contributed by atoms with van der Waals surface area (Å²) in [5, 5.41) is 17.6. The fourth-order valence-corrected chi connectivity index (χ4v) is 7.70. The molecule has 1 saturated heterocycles. The van der Waals surface area contributed by atoms with E-state index in [2.05, 4.69) is 24.5 Å².